The second-order valence-electron chi connectivity index (χ2n) is 13.8. The van der Waals surface area contributed by atoms with Gasteiger partial charge in [-0.3, -0.25) is 29.2 Å². The lowest BCUT2D eigenvalue weighted by molar-refractivity contribution is -0.134. The summed E-state index contributed by atoms with van der Waals surface area (Å²) in [5.41, 5.74) is 4.75. The number of piperidine rings is 2. The average molecular weight is 721 g/mol. The molecule has 3 aromatic heterocycles. The summed E-state index contributed by atoms with van der Waals surface area (Å²) in [6, 6.07) is 13.5. The zero-order valence-electron chi connectivity index (χ0n) is 30.4. The molecule has 5 aromatic rings. The van der Waals surface area contributed by atoms with Gasteiger partial charge in [-0.15, -0.1) is 0 Å². The second-order valence-corrected chi connectivity index (χ2v) is 13.8. The number of nitrogens with zero attached hydrogens (tertiary/aromatic N) is 6. The zero-order valence-corrected chi connectivity index (χ0v) is 30.4. The van der Waals surface area contributed by atoms with Crippen molar-refractivity contribution >= 4 is 62.7 Å². The number of hydrogen-bond acceptors (Lipinski definition) is 11. The summed E-state index contributed by atoms with van der Waals surface area (Å²) < 4.78 is 8.83. The lowest BCUT2D eigenvalue weighted by Gasteiger charge is -2.33. The van der Waals surface area contributed by atoms with Crippen LogP contribution in [0.4, 0.5) is 23.1 Å². The Bertz CT molecular complexity index is 2280. The third-order valence-electron chi connectivity index (χ3n) is 10.2. The molecular weight excluding hydrogens is 676 g/mol. The van der Waals surface area contributed by atoms with Crippen LogP contribution in [0.2, 0.25) is 0 Å². The van der Waals surface area contributed by atoms with E-state index in [1.807, 2.05) is 50.5 Å². The molecular formula is C38H44N10O5. The van der Waals surface area contributed by atoms with Gasteiger partial charge < -0.3 is 30.2 Å². The van der Waals surface area contributed by atoms with Crippen LogP contribution in [0.3, 0.4) is 0 Å². The first-order valence-corrected chi connectivity index (χ1v) is 17.9. The molecule has 276 valence electrons. The molecule has 2 unspecified atom stereocenters. The molecule has 53 heavy (non-hydrogen) atoms. The molecule has 15 heteroatoms. The van der Waals surface area contributed by atoms with Crippen LogP contribution in [-0.2, 0) is 28.5 Å². The number of aromatic nitrogens is 5. The molecule has 2 saturated heterocycles. The third kappa shape index (κ3) is 7.50. The Balaban J connectivity index is 0.987. The third-order valence-corrected chi connectivity index (χ3v) is 10.2. The van der Waals surface area contributed by atoms with E-state index in [1.165, 1.54) is 11.6 Å². The van der Waals surface area contributed by atoms with E-state index in [1.54, 1.807) is 17.8 Å². The highest BCUT2D eigenvalue weighted by atomic mass is 16.5. The fraction of sp³-hybridized carbons (Fsp3) is 0.395. The van der Waals surface area contributed by atoms with Crippen molar-refractivity contribution in [2.45, 2.75) is 44.9 Å². The van der Waals surface area contributed by atoms with Gasteiger partial charge in [-0.1, -0.05) is 0 Å². The van der Waals surface area contributed by atoms with Gasteiger partial charge in [-0.25, -0.2) is 4.98 Å². The van der Waals surface area contributed by atoms with E-state index < -0.39 is 5.92 Å². The molecule has 0 aliphatic carbocycles. The number of ether oxygens (including phenoxy) is 1. The number of nitrogens with one attached hydrogen (secondary N) is 4. The molecule has 2 fully saturated rings. The summed E-state index contributed by atoms with van der Waals surface area (Å²) in [6.07, 6.45) is 5.77. The Labute approximate surface area is 306 Å². The van der Waals surface area contributed by atoms with Gasteiger partial charge in [0.05, 0.1) is 22.6 Å². The van der Waals surface area contributed by atoms with Gasteiger partial charge in [0, 0.05) is 81.1 Å². The minimum Gasteiger partial charge on any atom is -0.478 e. The number of likely N-dealkylation sites (N-methyl/N-ethyl adjacent to an activating group) is 1. The molecule has 2 aliphatic heterocycles. The van der Waals surface area contributed by atoms with Gasteiger partial charge in [-0.05, 0) is 81.0 Å². The lowest BCUT2D eigenvalue weighted by atomic mass is 9.93. The van der Waals surface area contributed by atoms with Crippen molar-refractivity contribution in [3.8, 4) is 5.75 Å². The maximum Gasteiger partial charge on any atom is 0.293 e. The Morgan fingerprint density at radius 1 is 1.04 bits per heavy atom. The molecule has 0 spiro atoms. The van der Waals surface area contributed by atoms with Gasteiger partial charge in [0.1, 0.15) is 5.82 Å². The smallest absolute Gasteiger partial charge is 0.293 e. The molecule has 2 aromatic carbocycles. The molecule has 2 aliphatic rings. The summed E-state index contributed by atoms with van der Waals surface area (Å²) in [5.74, 6) is 0.679. The quantitative estimate of drug-likeness (QED) is 0.147. The number of benzene rings is 2. The molecule has 3 amide bonds. The minimum absolute atomic E-state index is 0.103. The van der Waals surface area contributed by atoms with E-state index in [0.717, 1.165) is 77.6 Å². The van der Waals surface area contributed by atoms with Gasteiger partial charge in [0.25, 0.3) is 11.5 Å². The monoisotopic (exact) mass is 720 g/mol. The van der Waals surface area contributed by atoms with Crippen molar-refractivity contribution < 1.29 is 19.1 Å². The Hall–Kier alpha value is -5.99. The highest BCUT2D eigenvalue weighted by Crippen LogP contribution is 2.32. The number of pyridine rings is 1. The predicted octanol–water partition coefficient (Wildman–Crippen LogP) is 3.63. The maximum absolute atomic E-state index is 12.8. The van der Waals surface area contributed by atoms with Gasteiger partial charge in [0.15, 0.2) is 12.4 Å². The zero-order chi connectivity index (χ0) is 37.2. The van der Waals surface area contributed by atoms with Crippen LogP contribution in [0.25, 0.3) is 21.8 Å². The van der Waals surface area contributed by atoms with Crippen LogP contribution in [0.5, 0.6) is 5.75 Å². The van der Waals surface area contributed by atoms with Crippen molar-refractivity contribution in [3.63, 3.8) is 0 Å². The van der Waals surface area contributed by atoms with Crippen molar-refractivity contribution in [1.29, 1.82) is 0 Å². The van der Waals surface area contributed by atoms with E-state index in [0.29, 0.717) is 36.2 Å². The van der Waals surface area contributed by atoms with Gasteiger partial charge in [-0.2, -0.15) is 10.1 Å². The number of carbonyl (C=O) groups is 3. The van der Waals surface area contributed by atoms with Crippen LogP contribution in [-0.4, -0.2) is 75.3 Å². The van der Waals surface area contributed by atoms with Crippen LogP contribution in [0, 0.1) is 12.8 Å². The van der Waals surface area contributed by atoms with E-state index >= 15 is 0 Å². The molecule has 4 N–H and O–H groups in total. The van der Waals surface area contributed by atoms with Crippen molar-refractivity contribution in [2.24, 2.45) is 20.0 Å². The fourth-order valence-electron chi connectivity index (χ4n) is 7.21. The van der Waals surface area contributed by atoms with Crippen molar-refractivity contribution in [1.82, 2.24) is 34.9 Å². The van der Waals surface area contributed by atoms with E-state index in [4.69, 9.17) is 14.7 Å². The number of hydrogen-bond donors (Lipinski definition) is 4. The number of fused-ring (bicyclic) bond motifs is 2. The van der Waals surface area contributed by atoms with E-state index in [-0.39, 0.29) is 35.6 Å². The molecule has 7 rings (SSSR count). The summed E-state index contributed by atoms with van der Waals surface area (Å²) in [4.78, 5) is 60.5. The number of anilines is 4. The fourth-order valence-corrected chi connectivity index (χ4v) is 7.21. The SMILES string of the molecule is CNC(=O)COc1cc2cc(Nc3nc(N4CCCC(CCNc5ccc6c(C7CCC(=O)NC7=O)nn(C)c6c5)C4)ncc3C)ccc2n(C)c1=O. The largest absolute Gasteiger partial charge is 0.478 e. The summed E-state index contributed by atoms with van der Waals surface area (Å²) in [5, 5.41) is 18.3. The Kier molecular flexibility index (Phi) is 9.98. The molecule has 0 bridgehead atoms. The predicted molar refractivity (Wildman–Crippen MR) is 203 cm³/mol. The number of rotatable bonds is 11. The minimum atomic E-state index is -0.428. The highest BCUT2D eigenvalue weighted by Gasteiger charge is 2.31. The molecule has 0 saturated carbocycles. The summed E-state index contributed by atoms with van der Waals surface area (Å²) >= 11 is 0. The lowest BCUT2D eigenvalue weighted by Crippen LogP contribution is -2.39. The first-order chi connectivity index (χ1) is 25.6. The number of amides is 3. The Morgan fingerprint density at radius 2 is 1.87 bits per heavy atom. The van der Waals surface area contributed by atoms with Gasteiger partial charge in [0.2, 0.25) is 17.8 Å². The maximum atomic E-state index is 12.8. The van der Waals surface area contributed by atoms with Gasteiger partial charge >= 0.3 is 0 Å². The second kappa shape index (κ2) is 14.9. The topological polar surface area (TPSA) is 177 Å². The highest BCUT2D eigenvalue weighted by molar-refractivity contribution is 6.02. The van der Waals surface area contributed by atoms with Crippen LogP contribution in [0.1, 0.15) is 49.3 Å². The summed E-state index contributed by atoms with van der Waals surface area (Å²) in [7, 11) is 5.07. The molecule has 2 atom stereocenters. The van der Waals surface area contributed by atoms with Crippen molar-refractivity contribution in [3.05, 3.63) is 70.3 Å². The first kappa shape index (κ1) is 35.4. The first-order valence-electron chi connectivity index (χ1n) is 17.9. The number of aryl methyl sites for hydroxylation is 3. The standard InChI is InChI=1S/C38H44N10O5/c1-22-19-41-38(44-35(22)42-26-8-11-29-24(16-26)17-31(37(52)46(29)3)53-21-33(50)39-2)48-15-5-6-23(20-48)13-14-40-25-7-9-27-30(18-25)47(4)45-34(27)28-10-12-32(49)43-36(28)51/h7-9,11,16-19,23,28,40H,5-6,10,12-15,20-21H2,1-4H3,(H,39,50)(H,41,42,44)(H,43,49,51). The summed E-state index contributed by atoms with van der Waals surface area (Å²) in [6.45, 7) is 4.25. The number of imide groups is 1. The van der Waals surface area contributed by atoms with E-state index in [2.05, 4.69) is 37.3 Å². The molecule has 0 radical (unpaired) electrons. The van der Waals surface area contributed by atoms with Crippen molar-refractivity contribution in [2.75, 3.05) is 48.8 Å². The van der Waals surface area contributed by atoms with E-state index in [9.17, 15) is 19.2 Å². The molecule has 15 nitrogen and oxygen atoms in total. The average Bonchev–Trinajstić information content (AvgIpc) is 3.48. The van der Waals surface area contributed by atoms with Crippen LogP contribution < -0.4 is 36.5 Å². The molecule has 5 heterocycles. The number of carbonyl (C=O) groups excluding carboxylic acids is 3. The van der Waals surface area contributed by atoms with Crippen LogP contribution in [0.15, 0.2) is 53.5 Å². The Morgan fingerprint density at radius 3 is 2.68 bits per heavy atom. The van der Waals surface area contributed by atoms with Crippen LogP contribution >= 0.6 is 0 Å². The normalized spacial score (nSPS) is 17.5.